The number of rotatable bonds is 12. The first-order chi connectivity index (χ1) is 19.4. The van der Waals surface area contributed by atoms with Crippen LogP contribution in [0.5, 0.6) is 0 Å². The third kappa shape index (κ3) is 8.17. The number of aliphatic hydroxyl groups excluding tert-OH is 1. The Morgan fingerprint density at radius 3 is 2.62 bits per heavy atom. The third-order valence-electron chi connectivity index (χ3n) is 7.96. The van der Waals surface area contributed by atoms with Crippen molar-refractivity contribution in [2.24, 2.45) is 5.92 Å². The summed E-state index contributed by atoms with van der Waals surface area (Å²) in [6.45, 7) is 8.47. The van der Waals surface area contributed by atoms with Gasteiger partial charge < -0.3 is 14.6 Å². The van der Waals surface area contributed by atoms with Gasteiger partial charge in [0.05, 0.1) is 30.1 Å². The number of morpholine rings is 1. The Morgan fingerprint density at radius 1 is 1.18 bits per heavy atom. The van der Waals surface area contributed by atoms with Crippen LogP contribution in [0, 0.1) is 31.1 Å². The van der Waals surface area contributed by atoms with E-state index >= 15 is 0 Å². The highest BCUT2D eigenvalue weighted by molar-refractivity contribution is 8.00. The molecule has 2 aliphatic rings. The molecular weight excluding hydrogens is 524 g/mol. The molecule has 1 saturated heterocycles. The van der Waals surface area contributed by atoms with E-state index in [1.54, 1.807) is 11.8 Å². The van der Waals surface area contributed by atoms with Gasteiger partial charge >= 0.3 is 5.97 Å². The molecule has 2 aromatic carbocycles. The molecule has 8 heteroatoms. The molecule has 1 aliphatic heterocycles. The van der Waals surface area contributed by atoms with Gasteiger partial charge in [-0.15, -0.1) is 11.8 Å². The number of nitriles is 1. The second kappa shape index (κ2) is 14.8. The van der Waals surface area contributed by atoms with Gasteiger partial charge in [-0.2, -0.15) is 5.26 Å². The largest absolute Gasteiger partial charge is 0.464 e. The highest BCUT2D eigenvalue weighted by atomic mass is 32.2. The first-order valence-electron chi connectivity index (χ1n) is 14.3. The van der Waals surface area contributed by atoms with Gasteiger partial charge in [0.1, 0.15) is 12.4 Å². The summed E-state index contributed by atoms with van der Waals surface area (Å²) in [6, 6.07) is 12.4. The maximum absolute atomic E-state index is 12.9. The molecule has 1 saturated carbocycles. The van der Waals surface area contributed by atoms with Crippen molar-refractivity contribution in [1.82, 2.24) is 4.90 Å². The minimum Gasteiger partial charge on any atom is -0.464 e. The molecular formula is C32H40N2O5S. The molecule has 0 amide bonds. The minimum atomic E-state index is -0.254. The fourth-order valence-electron chi connectivity index (χ4n) is 5.74. The van der Waals surface area contributed by atoms with Gasteiger partial charge in [-0.1, -0.05) is 12.1 Å². The van der Waals surface area contributed by atoms with Crippen molar-refractivity contribution in [2.75, 3.05) is 46.1 Å². The monoisotopic (exact) mass is 564 g/mol. The summed E-state index contributed by atoms with van der Waals surface area (Å²) in [4.78, 5) is 28.6. The Hall–Kier alpha value is -2.70. The number of aryl methyl sites for hydroxylation is 3. The van der Waals surface area contributed by atoms with E-state index in [9.17, 15) is 20.0 Å². The third-order valence-corrected chi connectivity index (χ3v) is 9.37. The van der Waals surface area contributed by atoms with Crippen LogP contribution < -0.4 is 0 Å². The van der Waals surface area contributed by atoms with E-state index in [1.807, 2.05) is 18.2 Å². The van der Waals surface area contributed by atoms with Crippen LogP contribution in [-0.4, -0.2) is 73.1 Å². The number of benzene rings is 2. The predicted molar refractivity (Wildman–Crippen MR) is 155 cm³/mol. The minimum absolute atomic E-state index is 0.108. The van der Waals surface area contributed by atoms with E-state index < -0.39 is 0 Å². The lowest BCUT2D eigenvalue weighted by molar-refractivity contribution is -0.144. The van der Waals surface area contributed by atoms with Crippen molar-refractivity contribution >= 4 is 23.5 Å². The molecule has 0 aromatic heterocycles. The number of carbonyl (C=O) groups is 2. The summed E-state index contributed by atoms with van der Waals surface area (Å²) in [5.41, 5.74) is 5.99. The SMILES string of the molecule is Cc1cc(SC2C(=O)CC[C@@H]2Cc2ccc(C#N)c(CCC(=O)OCCN3CCOCC3)c2)cc(C)c1CCO. The van der Waals surface area contributed by atoms with E-state index in [4.69, 9.17) is 9.47 Å². The number of carbonyl (C=O) groups excluding carboxylic acids is 2. The quantitative estimate of drug-likeness (QED) is 0.383. The molecule has 0 spiro atoms. The number of aliphatic hydroxyl groups is 1. The molecule has 0 radical (unpaired) electrons. The molecule has 40 heavy (non-hydrogen) atoms. The Kier molecular flexibility index (Phi) is 11.2. The summed E-state index contributed by atoms with van der Waals surface area (Å²) in [5.74, 6) is 0.246. The number of ketones is 1. The van der Waals surface area contributed by atoms with Gasteiger partial charge in [0.2, 0.25) is 0 Å². The molecule has 0 bridgehead atoms. The number of thioether (sulfide) groups is 1. The fraction of sp³-hybridized carbons (Fsp3) is 0.531. The van der Waals surface area contributed by atoms with Crippen LogP contribution >= 0.6 is 11.8 Å². The zero-order chi connectivity index (χ0) is 28.5. The van der Waals surface area contributed by atoms with Crippen molar-refractivity contribution in [2.45, 2.75) is 62.5 Å². The maximum Gasteiger partial charge on any atom is 0.306 e. The van der Waals surface area contributed by atoms with Crippen LogP contribution in [-0.2, 0) is 38.3 Å². The molecule has 1 unspecified atom stereocenters. The van der Waals surface area contributed by atoms with Gasteiger partial charge in [0.15, 0.2) is 0 Å². The van der Waals surface area contributed by atoms with Gasteiger partial charge in [0, 0.05) is 44.0 Å². The highest BCUT2D eigenvalue weighted by Gasteiger charge is 2.35. The van der Waals surface area contributed by atoms with E-state index in [1.165, 1.54) is 5.56 Å². The van der Waals surface area contributed by atoms with Gasteiger partial charge in [-0.3, -0.25) is 14.5 Å². The molecule has 4 rings (SSSR count). The van der Waals surface area contributed by atoms with Gasteiger partial charge in [-0.05, 0) is 91.5 Å². The number of hydrogen-bond donors (Lipinski definition) is 1. The zero-order valence-corrected chi connectivity index (χ0v) is 24.4. The van der Waals surface area contributed by atoms with E-state index in [2.05, 4.69) is 36.9 Å². The topological polar surface area (TPSA) is 99.9 Å². The molecule has 7 nitrogen and oxygen atoms in total. The highest BCUT2D eigenvalue weighted by Crippen LogP contribution is 2.40. The number of hydrogen-bond acceptors (Lipinski definition) is 8. The van der Waals surface area contributed by atoms with Gasteiger partial charge in [-0.25, -0.2) is 0 Å². The lowest BCUT2D eigenvalue weighted by atomic mass is 9.93. The molecule has 1 N–H and O–H groups in total. The van der Waals surface area contributed by atoms with Crippen molar-refractivity contribution in [3.05, 3.63) is 63.7 Å². The smallest absolute Gasteiger partial charge is 0.306 e. The average Bonchev–Trinajstić information content (AvgIpc) is 3.28. The lowest BCUT2D eigenvalue weighted by Crippen LogP contribution is -2.38. The number of esters is 1. The summed E-state index contributed by atoms with van der Waals surface area (Å²) >= 11 is 1.65. The lowest BCUT2D eigenvalue weighted by Gasteiger charge is -2.26. The predicted octanol–water partition coefficient (Wildman–Crippen LogP) is 4.20. The molecule has 2 aromatic rings. The normalized spacial score (nSPS) is 19.5. The first kappa shape index (κ1) is 30.3. The van der Waals surface area contributed by atoms with E-state index in [-0.39, 0.29) is 30.2 Å². The molecule has 2 atom stereocenters. The summed E-state index contributed by atoms with van der Waals surface area (Å²) in [5, 5.41) is 18.9. The number of ether oxygens (including phenoxy) is 2. The van der Waals surface area contributed by atoms with Crippen LogP contribution in [0.1, 0.15) is 52.6 Å². The fourth-order valence-corrected chi connectivity index (χ4v) is 7.20. The summed E-state index contributed by atoms with van der Waals surface area (Å²) < 4.78 is 10.8. The van der Waals surface area contributed by atoms with Crippen molar-refractivity contribution in [1.29, 1.82) is 5.26 Å². The molecule has 2 fully saturated rings. The van der Waals surface area contributed by atoms with E-state index in [0.29, 0.717) is 57.0 Å². The average molecular weight is 565 g/mol. The zero-order valence-electron chi connectivity index (χ0n) is 23.6. The second-order valence-electron chi connectivity index (χ2n) is 10.8. The number of Topliss-reactive ketones (excluding diaryl/α,β-unsaturated/α-hetero) is 1. The first-order valence-corrected chi connectivity index (χ1v) is 15.1. The van der Waals surface area contributed by atoms with E-state index in [0.717, 1.165) is 53.1 Å². The van der Waals surface area contributed by atoms with Crippen molar-refractivity contribution in [3.63, 3.8) is 0 Å². The summed E-state index contributed by atoms with van der Waals surface area (Å²) in [6.07, 6.45) is 3.51. The van der Waals surface area contributed by atoms with Crippen LogP contribution in [0.4, 0.5) is 0 Å². The maximum atomic E-state index is 12.9. The Bertz CT molecular complexity index is 1210. The standard InChI is InChI=1S/C32H40N2O5S/c1-22-17-28(18-23(2)29(22)9-13-35)40-32-26(5-7-30(32)36)20-24-3-4-27(21-33)25(19-24)6-8-31(37)39-16-12-34-10-14-38-15-11-34/h3-4,17-19,26,32,35H,5-16,20H2,1-2H3/t26-,32?/m1/s1. The Balaban J connectivity index is 1.35. The van der Waals surface area contributed by atoms with Gasteiger partial charge in [0.25, 0.3) is 0 Å². The van der Waals surface area contributed by atoms with Crippen LogP contribution in [0.2, 0.25) is 0 Å². The summed E-state index contributed by atoms with van der Waals surface area (Å²) in [7, 11) is 0. The van der Waals surface area contributed by atoms with Crippen LogP contribution in [0.15, 0.2) is 35.2 Å². The molecule has 214 valence electrons. The Morgan fingerprint density at radius 2 is 1.93 bits per heavy atom. The Labute approximate surface area is 241 Å². The van der Waals surface area contributed by atoms with Crippen molar-refractivity contribution < 1.29 is 24.2 Å². The van der Waals surface area contributed by atoms with Crippen molar-refractivity contribution in [3.8, 4) is 6.07 Å². The molecule has 1 heterocycles. The second-order valence-corrected chi connectivity index (χ2v) is 12.0. The van der Waals surface area contributed by atoms with Crippen LogP contribution in [0.3, 0.4) is 0 Å². The molecule has 1 aliphatic carbocycles. The number of nitrogens with zero attached hydrogens (tertiary/aromatic N) is 2. The van der Waals surface area contributed by atoms with Crippen LogP contribution in [0.25, 0.3) is 0 Å².